The van der Waals surface area contributed by atoms with Gasteiger partial charge in [-0.25, -0.2) is 21.2 Å². The maximum absolute atomic E-state index is 14.8. The number of hydrogen-bond donors (Lipinski definition) is 1. The number of sulfonamides is 2. The molecular weight excluding hydrogens is 501 g/mol. The molecule has 1 aliphatic rings. The molecule has 0 atom stereocenters. The van der Waals surface area contributed by atoms with Gasteiger partial charge in [-0.2, -0.15) is 0 Å². The number of halogens is 1. The van der Waals surface area contributed by atoms with Crippen molar-refractivity contribution >= 4 is 42.2 Å². The average Bonchev–Trinajstić information content (AvgIpc) is 3.05. The smallest absolute Gasteiger partial charge is 0.261 e. The first-order valence-electron chi connectivity index (χ1n) is 11.5. The maximum Gasteiger partial charge on any atom is 0.261 e. The molecule has 4 aromatic rings. The van der Waals surface area contributed by atoms with Gasteiger partial charge in [0, 0.05) is 29.4 Å². The molecule has 7 nitrogen and oxygen atoms in total. The zero-order valence-electron chi connectivity index (χ0n) is 19.3. The number of fused-ring (bicyclic) bond motifs is 1. The second-order valence-electron chi connectivity index (χ2n) is 8.62. The van der Waals surface area contributed by atoms with Crippen molar-refractivity contribution in [3.8, 4) is 11.3 Å². The van der Waals surface area contributed by atoms with Gasteiger partial charge in [0.25, 0.3) is 10.0 Å². The van der Waals surface area contributed by atoms with Gasteiger partial charge in [0.05, 0.1) is 22.0 Å². The van der Waals surface area contributed by atoms with E-state index in [1.165, 1.54) is 46.8 Å². The molecule has 0 bridgehead atoms. The lowest BCUT2D eigenvalue weighted by Gasteiger charge is -2.22. The van der Waals surface area contributed by atoms with Crippen LogP contribution < -0.4 is 9.03 Å². The van der Waals surface area contributed by atoms with Crippen LogP contribution in [0.15, 0.2) is 83.9 Å². The van der Waals surface area contributed by atoms with Gasteiger partial charge in [-0.15, -0.1) is 0 Å². The van der Waals surface area contributed by atoms with E-state index in [0.29, 0.717) is 24.3 Å². The summed E-state index contributed by atoms with van der Waals surface area (Å²) in [6, 6.07) is 18.9. The van der Waals surface area contributed by atoms with Crippen LogP contribution in [-0.4, -0.2) is 34.1 Å². The molecule has 1 fully saturated rings. The lowest BCUT2D eigenvalue weighted by atomic mass is 10.0. The standard InChI is InChI=1S/C26H24FN3O4S2/c27-25-13-8-20(18-24(25)26-23-7-3-2-6-19(23)14-15-28-26)29-36(33,34)22-11-9-21(10-12-22)30-16-4-1-5-17-35(30,31)32/h2-3,6-15,18,29H,1,4-5,16-17H2. The van der Waals surface area contributed by atoms with Gasteiger partial charge in [-0.3, -0.25) is 14.0 Å². The van der Waals surface area contributed by atoms with Crippen LogP contribution in [0.2, 0.25) is 0 Å². The van der Waals surface area contributed by atoms with Crippen molar-refractivity contribution in [3.05, 3.63) is 84.8 Å². The van der Waals surface area contributed by atoms with Crippen molar-refractivity contribution in [1.29, 1.82) is 0 Å². The van der Waals surface area contributed by atoms with E-state index < -0.39 is 25.9 Å². The Kier molecular flexibility index (Phi) is 6.40. The van der Waals surface area contributed by atoms with Crippen LogP contribution in [0.4, 0.5) is 15.8 Å². The molecule has 0 amide bonds. The lowest BCUT2D eigenvalue weighted by Crippen LogP contribution is -2.32. The molecule has 2 heterocycles. The Hall–Kier alpha value is -3.50. The number of anilines is 2. The Morgan fingerprint density at radius 3 is 2.50 bits per heavy atom. The van der Waals surface area contributed by atoms with Gasteiger partial charge in [-0.1, -0.05) is 30.7 Å². The van der Waals surface area contributed by atoms with Gasteiger partial charge in [0.1, 0.15) is 5.82 Å². The molecule has 10 heteroatoms. The van der Waals surface area contributed by atoms with E-state index in [-0.39, 0.29) is 21.9 Å². The molecule has 5 rings (SSSR count). The summed E-state index contributed by atoms with van der Waals surface area (Å²) >= 11 is 0. The number of nitrogens with one attached hydrogen (secondary N) is 1. The monoisotopic (exact) mass is 525 g/mol. The largest absolute Gasteiger partial charge is 0.280 e. The normalized spacial score (nSPS) is 16.0. The summed E-state index contributed by atoms with van der Waals surface area (Å²) in [5.41, 5.74) is 1.20. The summed E-state index contributed by atoms with van der Waals surface area (Å²) in [4.78, 5) is 4.30. The van der Waals surface area contributed by atoms with E-state index in [1.54, 1.807) is 6.20 Å². The third-order valence-electron chi connectivity index (χ3n) is 6.18. The molecule has 0 spiro atoms. The van der Waals surface area contributed by atoms with Crippen molar-refractivity contribution < 1.29 is 21.2 Å². The summed E-state index contributed by atoms with van der Waals surface area (Å²) in [5.74, 6) is -0.447. The Labute approximate surface area is 209 Å². The van der Waals surface area contributed by atoms with Crippen LogP contribution >= 0.6 is 0 Å². The summed E-state index contributed by atoms with van der Waals surface area (Å²) in [5, 5.41) is 1.64. The number of pyridine rings is 1. The summed E-state index contributed by atoms with van der Waals surface area (Å²) < 4.78 is 69.8. The highest BCUT2D eigenvalue weighted by atomic mass is 32.2. The van der Waals surface area contributed by atoms with E-state index in [2.05, 4.69) is 9.71 Å². The minimum Gasteiger partial charge on any atom is -0.280 e. The predicted octanol–water partition coefficient (Wildman–Crippen LogP) is 5.16. The molecule has 0 radical (unpaired) electrons. The van der Waals surface area contributed by atoms with Gasteiger partial charge >= 0.3 is 0 Å². The number of aromatic nitrogens is 1. The van der Waals surface area contributed by atoms with E-state index in [9.17, 15) is 21.2 Å². The molecule has 186 valence electrons. The second kappa shape index (κ2) is 9.51. The first-order chi connectivity index (χ1) is 17.2. The fourth-order valence-corrected chi connectivity index (χ4v) is 7.05. The van der Waals surface area contributed by atoms with Crippen molar-refractivity contribution in [3.63, 3.8) is 0 Å². The third-order valence-corrected chi connectivity index (χ3v) is 9.45. The summed E-state index contributed by atoms with van der Waals surface area (Å²) in [6.07, 6.45) is 3.78. The zero-order valence-corrected chi connectivity index (χ0v) is 20.9. The van der Waals surface area contributed by atoms with Gasteiger partial charge in [0.15, 0.2) is 0 Å². The first-order valence-corrected chi connectivity index (χ1v) is 14.6. The van der Waals surface area contributed by atoms with Gasteiger partial charge in [0.2, 0.25) is 10.0 Å². The van der Waals surface area contributed by atoms with Crippen LogP contribution in [0.5, 0.6) is 0 Å². The molecule has 0 aliphatic carbocycles. The highest BCUT2D eigenvalue weighted by molar-refractivity contribution is 7.93. The van der Waals surface area contributed by atoms with E-state index in [4.69, 9.17) is 0 Å². The lowest BCUT2D eigenvalue weighted by molar-refractivity contribution is 0.592. The fraction of sp³-hybridized carbons (Fsp3) is 0.192. The van der Waals surface area contributed by atoms with Gasteiger partial charge in [-0.05, 0) is 66.8 Å². The minimum atomic E-state index is -4.01. The molecule has 1 N–H and O–H groups in total. The van der Waals surface area contributed by atoms with E-state index in [0.717, 1.165) is 23.6 Å². The van der Waals surface area contributed by atoms with Crippen molar-refractivity contribution in [2.24, 2.45) is 0 Å². The quantitative estimate of drug-likeness (QED) is 0.388. The molecule has 1 saturated heterocycles. The van der Waals surface area contributed by atoms with Crippen LogP contribution in [-0.2, 0) is 20.0 Å². The van der Waals surface area contributed by atoms with Crippen LogP contribution in [0.1, 0.15) is 19.3 Å². The third kappa shape index (κ3) is 4.78. The Bertz CT molecular complexity index is 1630. The number of rotatable bonds is 5. The number of nitrogens with zero attached hydrogens (tertiary/aromatic N) is 2. The van der Waals surface area contributed by atoms with Crippen molar-refractivity contribution in [1.82, 2.24) is 4.98 Å². The molecule has 0 unspecified atom stereocenters. The predicted molar refractivity (Wildman–Crippen MR) is 139 cm³/mol. The zero-order chi connectivity index (χ0) is 25.3. The molecule has 3 aromatic carbocycles. The average molecular weight is 526 g/mol. The fourth-order valence-electron chi connectivity index (χ4n) is 4.37. The highest BCUT2D eigenvalue weighted by Gasteiger charge is 2.25. The Morgan fingerprint density at radius 1 is 0.917 bits per heavy atom. The van der Waals surface area contributed by atoms with Crippen molar-refractivity contribution in [2.45, 2.75) is 24.2 Å². The summed E-state index contributed by atoms with van der Waals surface area (Å²) in [6.45, 7) is 0.368. The number of hydrogen-bond acceptors (Lipinski definition) is 5. The highest BCUT2D eigenvalue weighted by Crippen LogP contribution is 2.31. The molecular formula is C26H24FN3O4S2. The second-order valence-corrected chi connectivity index (χ2v) is 12.3. The Balaban J connectivity index is 1.43. The molecule has 1 aromatic heterocycles. The maximum atomic E-state index is 14.8. The first kappa shape index (κ1) is 24.2. The van der Waals surface area contributed by atoms with Gasteiger partial charge < -0.3 is 0 Å². The topological polar surface area (TPSA) is 96.4 Å². The summed E-state index contributed by atoms with van der Waals surface area (Å²) in [7, 11) is -7.45. The van der Waals surface area contributed by atoms with Crippen LogP contribution in [0.3, 0.4) is 0 Å². The van der Waals surface area contributed by atoms with Crippen molar-refractivity contribution in [2.75, 3.05) is 21.3 Å². The van der Waals surface area contributed by atoms with Crippen LogP contribution in [0.25, 0.3) is 22.0 Å². The molecule has 1 aliphatic heterocycles. The Morgan fingerprint density at radius 2 is 1.69 bits per heavy atom. The van der Waals surface area contributed by atoms with E-state index in [1.807, 2.05) is 30.3 Å². The molecule has 36 heavy (non-hydrogen) atoms. The minimum absolute atomic E-state index is 0.0346. The van der Waals surface area contributed by atoms with E-state index >= 15 is 0 Å². The van der Waals surface area contributed by atoms with Crippen LogP contribution in [0, 0.1) is 5.82 Å². The number of benzene rings is 3. The molecule has 0 saturated carbocycles. The SMILES string of the molecule is O=S(=O)(Nc1ccc(F)c(-c2nccc3ccccc23)c1)c1ccc(N2CCCCCS2(=O)=O)cc1.